The molecule has 0 saturated carbocycles. The van der Waals surface area contributed by atoms with Crippen molar-refractivity contribution >= 4 is 22.7 Å². The van der Waals surface area contributed by atoms with Crippen molar-refractivity contribution in [3.8, 4) is 0 Å². The van der Waals surface area contributed by atoms with Gasteiger partial charge in [-0.05, 0) is 6.07 Å². The summed E-state index contributed by atoms with van der Waals surface area (Å²) < 4.78 is 17.5. The number of fused-ring (bicyclic) bond motifs is 1. The van der Waals surface area contributed by atoms with Crippen molar-refractivity contribution in [3.63, 3.8) is 0 Å². The number of hydrogen-bond donors (Lipinski definition) is 1. The normalized spacial score (nSPS) is 10.8. The Morgan fingerprint density at radius 1 is 1.50 bits per heavy atom. The van der Waals surface area contributed by atoms with Gasteiger partial charge in [0.2, 0.25) is 0 Å². The van der Waals surface area contributed by atoms with E-state index in [1.54, 1.807) is 0 Å². The van der Waals surface area contributed by atoms with E-state index in [0.717, 1.165) is 6.07 Å². The predicted molar refractivity (Wildman–Crippen MR) is 41.8 cm³/mol. The van der Waals surface area contributed by atoms with Gasteiger partial charge in [0, 0.05) is 11.1 Å². The number of halogens is 2. The molecule has 0 bridgehead atoms. The van der Waals surface area contributed by atoms with Crippen LogP contribution in [0.4, 0.5) is 4.39 Å². The van der Waals surface area contributed by atoms with Gasteiger partial charge in [-0.25, -0.2) is 9.18 Å². The Bertz CT molecular complexity index is 488. The fourth-order valence-corrected chi connectivity index (χ4v) is 1.17. The zero-order chi connectivity index (χ0) is 8.72. The fourth-order valence-electron chi connectivity index (χ4n) is 0.979. The van der Waals surface area contributed by atoms with Crippen molar-refractivity contribution in [2.45, 2.75) is 0 Å². The van der Waals surface area contributed by atoms with Gasteiger partial charge in [-0.3, -0.25) is 4.98 Å². The first kappa shape index (κ1) is 7.36. The first-order valence-corrected chi connectivity index (χ1v) is 3.52. The van der Waals surface area contributed by atoms with E-state index in [0.29, 0.717) is 0 Å². The van der Waals surface area contributed by atoms with Gasteiger partial charge in [0.05, 0.1) is 0 Å². The van der Waals surface area contributed by atoms with Crippen LogP contribution in [0.1, 0.15) is 0 Å². The van der Waals surface area contributed by atoms with Crippen LogP contribution in [0.15, 0.2) is 21.3 Å². The minimum Gasteiger partial charge on any atom is -0.408 e. The van der Waals surface area contributed by atoms with Crippen LogP contribution >= 0.6 is 11.6 Å². The molecule has 0 unspecified atom stereocenters. The van der Waals surface area contributed by atoms with Gasteiger partial charge in [-0.1, -0.05) is 11.6 Å². The highest BCUT2D eigenvalue weighted by Crippen LogP contribution is 2.19. The molecule has 0 aliphatic rings. The zero-order valence-corrected chi connectivity index (χ0v) is 6.48. The number of hydrogen-bond acceptors (Lipinski definition) is 2. The summed E-state index contributed by atoms with van der Waals surface area (Å²) in [6.45, 7) is 0. The monoisotopic (exact) mass is 187 g/mol. The molecule has 0 aliphatic carbocycles. The Balaban J connectivity index is 2.97. The molecule has 0 fully saturated rings. The summed E-state index contributed by atoms with van der Waals surface area (Å²) >= 11 is 5.52. The van der Waals surface area contributed by atoms with Gasteiger partial charge in [-0.2, -0.15) is 0 Å². The van der Waals surface area contributed by atoms with Crippen LogP contribution in [0.25, 0.3) is 11.1 Å². The van der Waals surface area contributed by atoms with Gasteiger partial charge >= 0.3 is 5.76 Å². The largest absolute Gasteiger partial charge is 0.417 e. The minimum absolute atomic E-state index is 0.0457. The van der Waals surface area contributed by atoms with Crippen LogP contribution in [0.3, 0.4) is 0 Å². The number of aromatic nitrogens is 1. The van der Waals surface area contributed by atoms with E-state index in [1.165, 1.54) is 6.07 Å². The SMILES string of the molecule is O=c1[nH]c2c(F)cc(Cl)cc2o1. The highest BCUT2D eigenvalue weighted by atomic mass is 35.5. The number of oxazole rings is 1. The maximum atomic E-state index is 12.9. The summed E-state index contributed by atoms with van der Waals surface area (Å²) in [6.07, 6.45) is 0. The molecule has 62 valence electrons. The topological polar surface area (TPSA) is 46.0 Å². The van der Waals surface area contributed by atoms with Crippen LogP contribution in [0.2, 0.25) is 5.02 Å². The minimum atomic E-state index is -0.689. The van der Waals surface area contributed by atoms with E-state index in [-0.39, 0.29) is 16.1 Å². The summed E-state index contributed by atoms with van der Waals surface area (Å²) in [5.41, 5.74) is 0.175. The Labute approximate surface area is 70.8 Å². The molecule has 3 nitrogen and oxygen atoms in total. The average Bonchev–Trinajstić information content (AvgIpc) is 2.29. The lowest BCUT2D eigenvalue weighted by molar-refractivity contribution is 0.555. The summed E-state index contributed by atoms with van der Waals surface area (Å²) in [7, 11) is 0. The summed E-state index contributed by atoms with van der Waals surface area (Å²) in [6, 6.07) is 2.48. The van der Waals surface area contributed by atoms with Crippen molar-refractivity contribution in [2.24, 2.45) is 0 Å². The quantitative estimate of drug-likeness (QED) is 0.685. The molecule has 2 aromatic rings. The number of rotatable bonds is 0. The fraction of sp³-hybridized carbons (Fsp3) is 0. The second kappa shape index (κ2) is 2.35. The molecule has 12 heavy (non-hydrogen) atoms. The van der Waals surface area contributed by atoms with Crippen molar-refractivity contribution in [3.05, 3.63) is 33.5 Å². The van der Waals surface area contributed by atoms with Crippen molar-refractivity contribution in [2.75, 3.05) is 0 Å². The van der Waals surface area contributed by atoms with Crippen LogP contribution in [-0.4, -0.2) is 4.98 Å². The molecule has 0 radical (unpaired) electrons. The predicted octanol–water partition coefficient (Wildman–Crippen LogP) is 1.91. The average molecular weight is 188 g/mol. The van der Waals surface area contributed by atoms with E-state index in [9.17, 15) is 9.18 Å². The smallest absolute Gasteiger partial charge is 0.408 e. The van der Waals surface area contributed by atoms with Crippen molar-refractivity contribution in [1.82, 2.24) is 4.98 Å². The Morgan fingerprint density at radius 3 is 3.00 bits per heavy atom. The number of H-pyrrole nitrogens is 1. The lowest BCUT2D eigenvalue weighted by Crippen LogP contribution is -1.93. The molecule has 1 heterocycles. The van der Waals surface area contributed by atoms with E-state index in [1.807, 2.05) is 0 Å². The molecule has 2 rings (SSSR count). The van der Waals surface area contributed by atoms with Crippen LogP contribution < -0.4 is 5.76 Å². The highest BCUT2D eigenvalue weighted by molar-refractivity contribution is 6.31. The third kappa shape index (κ3) is 1.00. The molecule has 1 aromatic heterocycles. The molecule has 1 N–H and O–H groups in total. The van der Waals surface area contributed by atoms with E-state index in [4.69, 9.17) is 11.6 Å². The Kier molecular flexibility index (Phi) is 1.44. The maximum absolute atomic E-state index is 12.9. The van der Waals surface area contributed by atoms with E-state index < -0.39 is 11.6 Å². The van der Waals surface area contributed by atoms with Crippen LogP contribution in [0.5, 0.6) is 0 Å². The molecule has 0 atom stereocenters. The van der Waals surface area contributed by atoms with Crippen LogP contribution in [-0.2, 0) is 0 Å². The van der Waals surface area contributed by atoms with Gasteiger partial charge in [0.1, 0.15) is 5.52 Å². The molecule has 0 aliphatic heterocycles. The molecule has 1 aromatic carbocycles. The standard InChI is InChI=1S/C7H3ClFNO2/c8-3-1-4(9)6-5(2-3)12-7(11)10-6/h1-2H,(H,10,11). The van der Waals surface area contributed by atoms with Gasteiger partial charge in [0.25, 0.3) is 0 Å². The Morgan fingerprint density at radius 2 is 2.25 bits per heavy atom. The number of aromatic amines is 1. The first-order chi connectivity index (χ1) is 5.66. The first-order valence-electron chi connectivity index (χ1n) is 3.15. The number of benzene rings is 1. The van der Waals surface area contributed by atoms with E-state index >= 15 is 0 Å². The summed E-state index contributed by atoms with van der Waals surface area (Å²) in [5, 5.41) is 0.197. The second-order valence-corrected chi connectivity index (χ2v) is 2.71. The summed E-state index contributed by atoms with van der Waals surface area (Å²) in [4.78, 5) is 12.8. The molecule has 5 heteroatoms. The second-order valence-electron chi connectivity index (χ2n) is 2.28. The van der Waals surface area contributed by atoms with Crippen molar-refractivity contribution in [1.29, 1.82) is 0 Å². The third-order valence-electron chi connectivity index (χ3n) is 1.45. The lowest BCUT2D eigenvalue weighted by Gasteiger charge is -1.90. The molecule has 0 saturated heterocycles. The van der Waals surface area contributed by atoms with Gasteiger partial charge in [-0.15, -0.1) is 0 Å². The maximum Gasteiger partial charge on any atom is 0.417 e. The Hall–Kier alpha value is -1.29. The molecular weight excluding hydrogens is 185 g/mol. The molecule has 0 spiro atoms. The third-order valence-corrected chi connectivity index (χ3v) is 1.67. The lowest BCUT2D eigenvalue weighted by atomic mass is 10.3. The number of nitrogens with one attached hydrogen (secondary N) is 1. The zero-order valence-electron chi connectivity index (χ0n) is 5.73. The van der Waals surface area contributed by atoms with Gasteiger partial charge < -0.3 is 4.42 Å². The molecular formula is C7H3ClFNO2. The highest BCUT2D eigenvalue weighted by Gasteiger charge is 2.07. The van der Waals surface area contributed by atoms with E-state index in [2.05, 4.69) is 9.40 Å². The van der Waals surface area contributed by atoms with Gasteiger partial charge in [0.15, 0.2) is 11.4 Å². The summed E-state index contributed by atoms with van der Waals surface area (Å²) in [5.74, 6) is -1.28. The molecule has 0 amide bonds. The van der Waals surface area contributed by atoms with Crippen LogP contribution in [0, 0.1) is 5.82 Å². The van der Waals surface area contributed by atoms with Crippen molar-refractivity contribution < 1.29 is 8.81 Å².